The molecule has 0 aromatic heterocycles. The van der Waals surface area contributed by atoms with Crippen molar-refractivity contribution in [3.63, 3.8) is 0 Å². The van der Waals surface area contributed by atoms with E-state index in [0.717, 1.165) is 54.4 Å². The molecule has 1 aliphatic carbocycles. The number of alkyl halides is 2. The molecule has 3 aromatic carbocycles. The molecule has 216 valence electrons. The van der Waals surface area contributed by atoms with Crippen LogP contribution in [0.1, 0.15) is 47.2 Å². The lowest BCUT2D eigenvalue weighted by atomic mass is 9.70. The largest absolute Gasteiger partial charge is 0.435 e. The lowest BCUT2D eigenvalue weighted by molar-refractivity contribution is -0.0500. The maximum absolute atomic E-state index is 14.3. The quantitative estimate of drug-likeness (QED) is 0.307. The molecule has 0 bridgehead atoms. The predicted octanol–water partition coefficient (Wildman–Crippen LogP) is 6.62. The van der Waals surface area contributed by atoms with Crippen molar-refractivity contribution in [2.45, 2.75) is 55.2 Å². The Hall–Kier alpha value is -2.82. The molecule has 1 amide bonds. The zero-order chi connectivity index (χ0) is 28.8. The highest BCUT2D eigenvalue weighted by Crippen LogP contribution is 2.59. The van der Waals surface area contributed by atoms with Crippen molar-refractivity contribution < 1.29 is 26.7 Å². The molecule has 1 saturated carbocycles. The number of carbonyl (C=O) groups excluding carboxylic acids is 1. The predicted molar refractivity (Wildman–Crippen MR) is 157 cm³/mol. The van der Waals surface area contributed by atoms with E-state index in [0.29, 0.717) is 16.3 Å². The standard InChI is InChI=1S/C30H29ClF2N2O4S2/c31-25-7-2-1-4-21(25)18-34-28(36)20-10-11-26-24(16-20)30(12-14-40-15-13-30)27(19-8-9-19)35(26)41(37,38)23-6-3-5-22(17-23)39-29(32)33/h1-7,10-11,16-17,19,27,29H,8-9,12-15,18H2,(H,34,36). The number of thioether (sulfide) groups is 1. The molecule has 1 saturated heterocycles. The van der Waals surface area contributed by atoms with Gasteiger partial charge in [0.05, 0.1) is 16.6 Å². The molecule has 6 nitrogen and oxygen atoms in total. The third kappa shape index (κ3) is 5.30. The van der Waals surface area contributed by atoms with E-state index in [-0.39, 0.29) is 35.1 Å². The van der Waals surface area contributed by atoms with E-state index in [2.05, 4.69) is 10.1 Å². The Kier molecular flexibility index (Phi) is 7.67. The normalized spacial score (nSPS) is 19.8. The minimum atomic E-state index is -4.14. The first-order valence-corrected chi connectivity index (χ1v) is 16.5. The van der Waals surface area contributed by atoms with Crippen molar-refractivity contribution in [1.29, 1.82) is 0 Å². The molecule has 2 aliphatic heterocycles. The highest BCUT2D eigenvalue weighted by atomic mass is 35.5. The van der Waals surface area contributed by atoms with Crippen LogP contribution in [0.3, 0.4) is 0 Å². The summed E-state index contributed by atoms with van der Waals surface area (Å²) in [6.45, 7) is -2.80. The molecular formula is C30H29ClF2N2O4S2. The van der Waals surface area contributed by atoms with Crippen LogP contribution in [-0.2, 0) is 22.0 Å². The van der Waals surface area contributed by atoms with Crippen LogP contribution in [0.2, 0.25) is 5.02 Å². The first-order chi connectivity index (χ1) is 19.7. The number of nitrogens with one attached hydrogen (secondary N) is 1. The van der Waals surface area contributed by atoms with Gasteiger partial charge in [-0.05, 0) is 90.6 Å². The van der Waals surface area contributed by atoms with Crippen LogP contribution < -0.4 is 14.4 Å². The minimum absolute atomic E-state index is 0.101. The van der Waals surface area contributed by atoms with Gasteiger partial charge >= 0.3 is 6.61 Å². The number of hydrogen-bond donors (Lipinski definition) is 1. The highest BCUT2D eigenvalue weighted by molar-refractivity contribution is 7.99. The Balaban J connectivity index is 1.40. The van der Waals surface area contributed by atoms with Crippen LogP contribution in [0.5, 0.6) is 5.75 Å². The molecule has 0 radical (unpaired) electrons. The number of rotatable bonds is 8. The molecule has 1 unspecified atom stereocenters. The van der Waals surface area contributed by atoms with Gasteiger partial charge in [0.1, 0.15) is 5.75 Å². The Morgan fingerprint density at radius 2 is 1.83 bits per heavy atom. The number of amides is 1. The zero-order valence-electron chi connectivity index (χ0n) is 22.1. The monoisotopic (exact) mass is 618 g/mol. The van der Waals surface area contributed by atoms with Crippen molar-refractivity contribution in [3.05, 3.63) is 88.4 Å². The van der Waals surface area contributed by atoms with Crippen molar-refractivity contribution in [1.82, 2.24) is 5.32 Å². The molecule has 2 heterocycles. The van der Waals surface area contributed by atoms with Crippen LogP contribution in [0.4, 0.5) is 14.5 Å². The summed E-state index contributed by atoms with van der Waals surface area (Å²) in [6, 6.07) is 17.5. The van der Waals surface area contributed by atoms with Crippen LogP contribution in [0, 0.1) is 5.92 Å². The highest BCUT2D eigenvalue weighted by Gasteiger charge is 2.59. The molecular weight excluding hydrogens is 590 g/mol. The van der Waals surface area contributed by atoms with E-state index >= 15 is 0 Å². The zero-order valence-corrected chi connectivity index (χ0v) is 24.5. The molecule has 3 aromatic rings. The summed E-state index contributed by atoms with van der Waals surface area (Å²) in [7, 11) is -4.14. The van der Waals surface area contributed by atoms with Gasteiger partial charge in [-0.2, -0.15) is 20.5 Å². The van der Waals surface area contributed by atoms with E-state index in [9.17, 15) is 22.0 Å². The molecule has 1 N–H and O–H groups in total. The molecule has 6 rings (SSSR count). The second-order valence-electron chi connectivity index (χ2n) is 10.7. The molecule has 1 spiro atoms. The van der Waals surface area contributed by atoms with Crippen LogP contribution in [-0.4, -0.2) is 38.5 Å². The fourth-order valence-corrected chi connectivity index (χ4v) is 9.54. The number of hydrogen-bond acceptors (Lipinski definition) is 5. The van der Waals surface area contributed by atoms with Crippen LogP contribution in [0.15, 0.2) is 71.6 Å². The summed E-state index contributed by atoms with van der Waals surface area (Å²) < 4.78 is 60.5. The summed E-state index contributed by atoms with van der Waals surface area (Å²) in [5.41, 5.74) is 2.23. The summed E-state index contributed by atoms with van der Waals surface area (Å²) in [4.78, 5) is 13.2. The lowest BCUT2D eigenvalue weighted by Crippen LogP contribution is -2.50. The number of fused-ring (bicyclic) bond motifs is 2. The van der Waals surface area contributed by atoms with Gasteiger partial charge in [0, 0.05) is 28.6 Å². The fraction of sp³-hybridized carbons (Fsp3) is 0.367. The van der Waals surface area contributed by atoms with Crippen LogP contribution >= 0.6 is 23.4 Å². The number of ether oxygens (including phenoxy) is 1. The van der Waals surface area contributed by atoms with E-state index < -0.39 is 22.0 Å². The van der Waals surface area contributed by atoms with Gasteiger partial charge in [-0.15, -0.1) is 0 Å². The number of sulfonamides is 1. The Morgan fingerprint density at radius 1 is 1.07 bits per heavy atom. The maximum atomic E-state index is 14.3. The maximum Gasteiger partial charge on any atom is 0.387 e. The summed E-state index contributed by atoms with van der Waals surface area (Å²) in [6.07, 6.45) is 3.41. The first kappa shape index (κ1) is 28.3. The Bertz CT molecular complexity index is 1580. The Labute approximate surface area is 247 Å². The topological polar surface area (TPSA) is 75.7 Å². The molecule has 41 heavy (non-hydrogen) atoms. The van der Waals surface area contributed by atoms with Gasteiger partial charge in [0.2, 0.25) is 0 Å². The van der Waals surface area contributed by atoms with Gasteiger partial charge < -0.3 is 10.1 Å². The SMILES string of the molecule is O=C(NCc1ccccc1Cl)c1ccc2c(c1)C1(CCSCC1)C(C1CC1)N2S(=O)(=O)c1cccc(OC(F)F)c1. The molecule has 2 fully saturated rings. The average molecular weight is 619 g/mol. The third-order valence-electron chi connectivity index (χ3n) is 8.29. The van der Waals surface area contributed by atoms with E-state index in [4.69, 9.17) is 11.6 Å². The van der Waals surface area contributed by atoms with Gasteiger partial charge in [0.15, 0.2) is 0 Å². The number of carbonyl (C=O) groups is 1. The van der Waals surface area contributed by atoms with Crippen molar-refractivity contribution >= 4 is 45.0 Å². The Morgan fingerprint density at radius 3 is 2.54 bits per heavy atom. The molecule has 1 atom stereocenters. The average Bonchev–Trinajstić information content (AvgIpc) is 3.76. The second kappa shape index (κ2) is 11.1. The summed E-state index contributed by atoms with van der Waals surface area (Å²) >= 11 is 8.11. The van der Waals surface area contributed by atoms with E-state index in [1.54, 1.807) is 18.2 Å². The molecule has 11 heteroatoms. The van der Waals surface area contributed by atoms with Crippen LogP contribution in [0.25, 0.3) is 0 Å². The van der Waals surface area contributed by atoms with E-state index in [1.165, 1.54) is 22.5 Å². The van der Waals surface area contributed by atoms with Gasteiger partial charge in [-0.3, -0.25) is 9.10 Å². The summed E-state index contributed by atoms with van der Waals surface area (Å²) in [5.74, 6) is 1.47. The molecule has 3 aliphatic rings. The summed E-state index contributed by atoms with van der Waals surface area (Å²) in [5, 5.41) is 3.51. The fourth-order valence-electron chi connectivity index (χ4n) is 6.28. The lowest BCUT2D eigenvalue weighted by Gasteiger charge is -2.41. The third-order valence-corrected chi connectivity index (χ3v) is 11.4. The second-order valence-corrected chi connectivity index (χ2v) is 14.2. The number of anilines is 1. The van der Waals surface area contributed by atoms with Gasteiger partial charge in [-0.1, -0.05) is 35.9 Å². The minimum Gasteiger partial charge on any atom is -0.435 e. The number of nitrogens with zero attached hydrogens (tertiary/aromatic N) is 1. The van der Waals surface area contributed by atoms with Crippen molar-refractivity contribution in [3.8, 4) is 5.75 Å². The van der Waals surface area contributed by atoms with Crippen molar-refractivity contribution in [2.24, 2.45) is 5.92 Å². The van der Waals surface area contributed by atoms with E-state index in [1.807, 2.05) is 36.0 Å². The van der Waals surface area contributed by atoms with Gasteiger partial charge in [0.25, 0.3) is 15.9 Å². The first-order valence-electron chi connectivity index (χ1n) is 13.5. The number of halogens is 3. The van der Waals surface area contributed by atoms with Gasteiger partial charge in [-0.25, -0.2) is 8.42 Å². The number of benzene rings is 3. The smallest absolute Gasteiger partial charge is 0.387 e. The van der Waals surface area contributed by atoms with Crippen molar-refractivity contribution in [2.75, 3.05) is 15.8 Å².